The molecule has 0 radical (unpaired) electrons. The fourth-order valence-electron chi connectivity index (χ4n) is 0.839. The van der Waals surface area contributed by atoms with Crippen molar-refractivity contribution in [2.45, 2.75) is 31.2 Å². The highest BCUT2D eigenvalue weighted by Gasteiger charge is 2.56. The lowest BCUT2D eigenvalue weighted by atomic mass is 9.97. The van der Waals surface area contributed by atoms with E-state index < -0.39 is 36.2 Å². The molecule has 0 bridgehead atoms. The molecule has 0 aromatic rings. The summed E-state index contributed by atoms with van der Waals surface area (Å²) in [7, 11) is 0. The van der Waals surface area contributed by atoms with E-state index in [-0.39, 0.29) is 6.92 Å². The summed E-state index contributed by atoms with van der Waals surface area (Å²) in [6.45, 7) is 0.158. The Bertz CT molecular complexity index is 323. The molecule has 17 heavy (non-hydrogen) atoms. The molecular weight excluding hydrogens is 260 g/mol. The molecule has 0 aromatic heterocycles. The van der Waals surface area contributed by atoms with Gasteiger partial charge in [-0.3, -0.25) is 9.59 Å². The lowest BCUT2D eigenvalue weighted by Gasteiger charge is -2.31. The Balaban J connectivity index is 5.11. The van der Waals surface area contributed by atoms with Crippen LogP contribution in [0.25, 0.3) is 0 Å². The molecule has 0 rings (SSSR count). The van der Waals surface area contributed by atoms with Crippen LogP contribution in [-0.2, 0) is 9.59 Å². The minimum Gasteiger partial charge on any atom is -0.481 e. The van der Waals surface area contributed by atoms with E-state index in [1.54, 1.807) is 0 Å². The molecule has 0 fully saturated rings. The van der Waals surface area contributed by atoms with E-state index in [1.165, 1.54) is 0 Å². The van der Waals surface area contributed by atoms with Crippen molar-refractivity contribution in [2.75, 3.05) is 0 Å². The van der Waals surface area contributed by atoms with E-state index in [9.17, 15) is 35.9 Å². The number of hydrogen-bond acceptors (Lipinski definition) is 2. The topological polar surface area (TPSA) is 66.4 Å². The zero-order valence-corrected chi connectivity index (χ0v) is 8.24. The van der Waals surface area contributed by atoms with Crippen molar-refractivity contribution in [3.05, 3.63) is 0 Å². The summed E-state index contributed by atoms with van der Waals surface area (Å²) in [5.74, 6) is -4.84. The monoisotopic (exact) mass is 267 g/mol. The van der Waals surface area contributed by atoms with Gasteiger partial charge in [0, 0.05) is 0 Å². The standard InChI is InChI=1S/C7H7F6NO3/c1-5(2-3(15)16,7(11,12)13)14-4(17)6(8,9)10/h2H2,1H3,(H,14,17)(H,15,16). The van der Waals surface area contributed by atoms with Crippen molar-refractivity contribution in [3.63, 3.8) is 0 Å². The first-order valence-corrected chi connectivity index (χ1v) is 3.97. The molecule has 1 atom stereocenters. The van der Waals surface area contributed by atoms with Gasteiger partial charge in [-0.25, -0.2) is 0 Å². The van der Waals surface area contributed by atoms with Crippen molar-refractivity contribution in [1.29, 1.82) is 0 Å². The van der Waals surface area contributed by atoms with Gasteiger partial charge in [0.05, 0.1) is 6.42 Å². The molecule has 0 saturated carbocycles. The van der Waals surface area contributed by atoms with Gasteiger partial charge in [0.25, 0.3) is 0 Å². The van der Waals surface area contributed by atoms with Gasteiger partial charge in [-0.05, 0) is 6.92 Å². The maximum Gasteiger partial charge on any atom is 0.471 e. The summed E-state index contributed by atoms with van der Waals surface area (Å²) in [6, 6.07) is 0. The minimum absolute atomic E-state index is 0.158. The molecule has 0 aliphatic rings. The van der Waals surface area contributed by atoms with Crippen LogP contribution in [-0.4, -0.2) is 34.9 Å². The Kier molecular flexibility index (Phi) is 4.03. The quantitative estimate of drug-likeness (QED) is 0.761. The normalized spacial score (nSPS) is 16.2. The summed E-state index contributed by atoms with van der Waals surface area (Å²) in [4.78, 5) is 20.5. The number of carbonyl (C=O) groups excluding carboxylic acids is 1. The van der Waals surface area contributed by atoms with Gasteiger partial charge in [-0.1, -0.05) is 0 Å². The second-order valence-corrected chi connectivity index (χ2v) is 3.35. The molecule has 0 aliphatic heterocycles. The number of rotatable bonds is 3. The maximum absolute atomic E-state index is 12.4. The van der Waals surface area contributed by atoms with Crippen molar-refractivity contribution in [3.8, 4) is 0 Å². The van der Waals surface area contributed by atoms with Crippen LogP contribution < -0.4 is 5.32 Å². The molecule has 0 heterocycles. The van der Waals surface area contributed by atoms with E-state index >= 15 is 0 Å². The van der Waals surface area contributed by atoms with Gasteiger partial charge in [0.2, 0.25) is 0 Å². The molecule has 0 spiro atoms. The average molecular weight is 267 g/mol. The number of carbonyl (C=O) groups is 2. The fraction of sp³-hybridized carbons (Fsp3) is 0.714. The Morgan fingerprint density at radius 3 is 1.76 bits per heavy atom. The Hall–Kier alpha value is -1.48. The summed E-state index contributed by atoms with van der Waals surface area (Å²) in [5.41, 5.74) is -3.48. The predicted molar refractivity (Wildman–Crippen MR) is 40.9 cm³/mol. The second-order valence-electron chi connectivity index (χ2n) is 3.35. The van der Waals surface area contributed by atoms with Crippen LogP contribution in [0.15, 0.2) is 0 Å². The zero-order chi connectivity index (χ0) is 14.1. The molecule has 1 unspecified atom stereocenters. The molecular formula is C7H7F6NO3. The molecule has 2 N–H and O–H groups in total. The summed E-state index contributed by atoms with van der Waals surface area (Å²) in [6.07, 6.45) is -12.6. The number of alkyl halides is 6. The smallest absolute Gasteiger partial charge is 0.471 e. The molecule has 0 saturated heterocycles. The highest BCUT2D eigenvalue weighted by molar-refractivity contribution is 5.83. The predicted octanol–water partition coefficient (Wildman–Crippen LogP) is 1.46. The molecule has 10 heteroatoms. The van der Waals surface area contributed by atoms with Crippen LogP contribution in [0.3, 0.4) is 0 Å². The summed E-state index contributed by atoms with van der Waals surface area (Å²) >= 11 is 0. The van der Waals surface area contributed by atoms with E-state index in [1.807, 2.05) is 0 Å². The van der Waals surface area contributed by atoms with Crippen LogP contribution in [0.4, 0.5) is 26.3 Å². The lowest BCUT2D eigenvalue weighted by molar-refractivity contribution is -0.210. The van der Waals surface area contributed by atoms with Crippen LogP contribution in [0.2, 0.25) is 0 Å². The number of carboxylic acid groups (broad SMARTS) is 1. The Labute approximate surface area is 90.6 Å². The first kappa shape index (κ1) is 15.5. The molecule has 0 aliphatic carbocycles. The largest absolute Gasteiger partial charge is 0.481 e. The van der Waals surface area contributed by atoms with Crippen LogP contribution in [0.5, 0.6) is 0 Å². The maximum atomic E-state index is 12.4. The summed E-state index contributed by atoms with van der Waals surface area (Å²) < 4.78 is 72.4. The SMILES string of the molecule is CC(CC(=O)O)(NC(=O)C(F)(F)F)C(F)(F)F. The van der Waals surface area contributed by atoms with Crippen molar-refractivity contribution >= 4 is 11.9 Å². The average Bonchev–Trinajstić information content (AvgIpc) is 1.97. The second kappa shape index (κ2) is 4.41. The molecule has 1 amide bonds. The third-order valence-corrected chi connectivity index (χ3v) is 1.78. The van der Waals surface area contributed by atoms with Crippen LogP contribution in [0.1, 0.15) is 13.3 Å². The van der Waals surface area contributed by atoms with Gasteiger partial charge >= 0.3 is 24.2 Å². The van der Waals surface area contributed by atoms with E-state index in [0.29, 0.717) is 5.32 Å². The van der Waals surface area contributed by atoms with E-state index in [2.05, 4.69) is 0 Å². The first-order valence-electron chi connectivity index (χ1n) is 3.97. The number of hydrogen-bond donors (Lipinski definition) is 2. The highest BCUT2D eigenvalue weighted by Crippen LogP contribution is 2.33. The number of nitrogens with one attached hydrogen (secondary N) is 1. The third-order valence-electron chi connectivity index (χ3n) is 1.78. The molecule has 100 valence electrons. The Morgan fingerprint density at radius 2 is 1.53 bits per heavy atom. The van der Waals surface area contributed by atoms with E-state index in [0.717, 1.165) is 0 Å². The number of halogens is 6. The van der Waals surface area contributed by atoms with Gasteiger partial charge in [-0.15, -0.1) is 0 Å². The van der Waals surface area contributed by atoms with Crippen molar-refractivity contribution < 1.29 is 41.0 Å². The highest BCUT2D eigenvalue weighted by atomic mass is 19.4. The number of aliphatic carboxylic acids is 1. The lowest BCUT2D eigenvalue weighted by Crippen LogP contribution is -2.60. The van der Waals surface area contributed by atoms with Crippen molar-refractivity contribution in [2.24, 2.45) is 0 Å². The van der Waals surface area contributed by atoms with Gasteiger partial charge in [-0.2, -0.15) is 26.3 Å². The van der Waals surface area contributed by atoms with Gasteiger partial charge < -0.3 is 10.4 Å². The third kappa shape index (κ3) is 4.11. The minimum atomic E-state index is -5.52. The fourth-order valence-corrected chi connectivity index (χ4v) is 0.839. The number of amides is 1. The van der Waals surface area contributed by atoms with Crippen LogP contribution in [0, 0.1) is 0 Å². The zero-order valence-electron chi connectivity index (χ0n) is 8.24. The molecule has 4 nitrogen and oxygen atoms in total. The van der Waals surface area contributed by atoms with Gasteiger partial charge in [0.15, 0.2) is 0 Å². The first-order chi connectivity index (χ1) is 7.29. The van der Waals surface area contributed by atoms with Gasteiger partial charge in [0.1, 0.15) is 5.54 Å². The van der Waals surface area contributed by atoms with E-state index in [4.69, 9.17) is 5.11 Å². The van der Waals surface area contributed by atoms with Crippen LogP contribution >= 0.6 is 0 Å². The molecule has 0 aromatic carbocycles. The van der Waals surface area contributed by atoms with Crippen molar-refractivity contribution in [1.82, 2.24) is 5.32 Å². The number of carboxylic acids is 1. The Morgan fingerprint density at radius 1 is 1.12 bits per heavy atom. The summed E-state index contributed by atoms with van der Waals surface area (Å²) in [5, 5.41) is 8.83.